The van der Waals surface area contributed by atoms with Crippen molar-refractivity contribution in [3.63, 3.8) is 0 Å². The molecular weight excluding hydrogens is 232 g/mol. The van der Waals surface area contributed by atoms with Crippen LogP contribution in [0.25, 0.3) is 0 Å². The predicted molar refractivity (Wildman–Crippen MR) is 65.9 cm³/mol. The summed E-state index contributed by atoms with van der Waals surface area (Å²) in [5.41, 5.74) is 1.46. The van der Waals surface area contributed by atoms with E-state index in [4.69, 9.17) is 4.74 Å². The largest absolute Gasteiger partial charge is 0.491 e. The van der Waals surface area contributed by atoms with Crippen molar-refractivity contribution < 1.29 is 19.1 Å². The molecule has 0 saturated carbocycles. The van der Waals surface area contributed by atoms with E-state index in [-0.39, 0.29) is 18.3 Å². The Morgan fingerprint density at radius 3 is 2.78 bits per heavy atom. The standard InChI is InChI=1S/C14H16O4/c1-8(2)9-5-4-6-10-12(15)11(14(16)17-3)7-18-13(9)10/h4-6,8,11H,7H2,1-3H3. The molecule has 4 nitrogen and oxygen atoms in total. The minimum atomic E-state index is -0.843. The molecule has 0 saturated heterocycles. The average Bonchev–Trinajstić information content (AvgIpc) is 2.37. The first-order valence-corrected chi connectivity index (χ1v) is 5.94. The lowest BCUT2D eigenvalue weighted by Crippen LogP contribution is -2.35. The minimum Gasteiger partial charge on any atom is -0.491 e. The van der Waals surface area contributed by atoms with Gasteiger partial charge in [-0.15, -0.1) is 0 Å². The fourth-order valence-electron chi connectivity index (χ4n) is 2.11. The van der Waals surface area contributed by atoms with Gasteiger partial charge in [0.25, 0.3) is 0 Å². The van der Waals surface area contributed by atoms with E-state index in [0.29, 0.717) is 11.3 Å². The van der Waals surface area contributed by atoms with E-state index >= 15 is 0 Å². The van der Waals surface area contributed by atoms with E-state index < -0.39 is 11.9 Å². The number of ether oxygens (including phenoxy) is 2. The van der Waals surface area contributed by atoms with Crippen LogP contribution in [0.3, 0.4) is 0 Å². The Morgan fingerprint density at radius 2 is 2.17 bits per heavy atom. The van der Waals surface area contributed by atoms with E-state index in [1.807, 2.05) is 26.0 Å². The molecule has 1 aromatic carbocycles. The van der Waals surface area contributed by atoms with Gasteiger partial charge < -0.3 is 9.47 Å². The summed E-state index contributed by atoms with van der Waals surface area (Å²) in [6.45, 7) is 4.13. The maximum absolute atomic E-state index is 12.2. The van der Waals surface area contributed by atoms with Crippen LogP contribution in [0, 0.1) is 5.92 Å². The summed E-state index contributed by atoms with van der Waals surface area (Å²) in [5, 5.41) is 0. The number of carbonyl (C=O) groups is 2. The third-order valence-corrected chi connectivity index (χ3v) is 3.13. The van der Waals surface area contributed by atoms with E-state index in [9.17, 15) is 9.59 Å². The summed E-state index contributed by atoms with van der Waals surface area (Å²) in [7, 11) is 1.27. The summed E-state index contributed by atoms with van der Waals surface area (Å²) in [6.07, 6.45) is 0. The van der Waals surface area contributed by atoms with Gasteiger partial charge in [-0.05, 0) is 17.5 Å². The van der Waals surface area contributed by atoms with Gasteiger partial charge in [-0.2, -0.15) is 0 Å². The molecule has 1 unspecified atom stereocenters. The molecule has 4 heteroatoms. The third kappa shape index (κ3) is 1.98. The second-order valence-electron chi connectivity index (χ2n) is 4.63. The molecular formula is C14H16O4. The highest BCUT2D eigenvalue weighted by atomic mass is 16.5. The SMILES string of the molecule is COC(=O)C1COc2c(cccc2C(C)C)C1=O. The maximum Gasteiger partial charge on any atom is 0.320 e. The van der Waals surface area contributed by atoms with Crippen LogP contribution in [0.4, 0.5) is 0 Å². The Morgan fingerprint density at radius 1 is 1.44 bits per heavy atom. The van der Waals surface area contributed by atoms with Crippen molar-refractivity contribution in [1.29, 1.82) is 0 Å². The lowest BCUT2D eigenvalue weighted by Gasteiger charge is -2.25. The highest BCUT2D eigenvalue weighted by Gasteiger charge is 2.36. The Labute approximate surface area is 106 Å². The molecule has 1 aliphatic rings. The topological polar surface area (TPSA) is 52.6 Å². The molecule has 18 heavy (non-hydrogen) atoms. The van der Waals surface area contributed by atoms with Gasteiger partial charge in [0.05, 0.1) is 12.7 Å². The lowest BCUT2D eigenvalue weighted by molar-refractivity contribution is -0.144. The number of hydrogen-bond donors (Lipinski definition) is 0. The normalized spacial score (nSPS) is 18.2. The number of ketones is 1. The van der Waals surface area contributed by atoms with Gasteiger partial charge in [0.2, 0.25) is 0 Å². The zero-order valence-corrected chi connectivity index (χ0v) is 10.7. The van der Waals surface area contributed by atoms with Crippen molar-refractivity contribution in [1.82, 2.24) is 0 Å². The minimum absolute atomic E-state index is 0.0578. The highest BCUT2D eigenvalue weighted by molar-refractivity contribution is 6.11. The number of esters is 1. The van der Waals surface area contributed by atoms with Crippen molar-refractivity contribution in [3.05, 3.63) is 29.3 Å². The van der Waals surface area contributed by atoms with E-state index in [0.717, 1.165) is 5.56 Å². The Bertz CT molecular complexity index is 491. The van der Waals surface area contributed by atoms with Gasteiger partial charge in [0, 0.05) is 0 Å². The summed E-state index contributed by atoms with van der Waals surface area (Å²) < 4.78 is 10.2. The first-order valence-electron chi connectivity index (χ1n) is 5.94. The second kappa shape index (κ2) is 4.80. The number of carbonyl (C=O) groups excluding carboxylic acids is 2. The summed E-state index contributed by atoms with van der Waals surface area (Å²) in [4.78, 5) is 23.7. The number of Topliss-reactive ketones (excluding diaryl/α,β-unsaturated/α-hetero) is 1. The van der Waals surface area contributed by atoms with Crippen LogP contribution in [-0.4, -0.2) is 25.5 Å². The summed E-state index contributed by atoms with van der Waals surface area (Å²) in [5.74, 6) is -0.726. The lowest BCUT2D eigenvalue weighted by atomic mass is 9.90. The molecule has 2 rings (SSSR count). The number of hydrogen-bond acceptors (Lipinski definition) is 4. The molecule has 0 aromatic heterocycles. The average molecular weight is 248 g/mol. The number of para-hydroxylation sites is 1. The smallest absolute Gasteiger partial charge is 0.320 e. The van der Waals surface area contributed by atoms with Crippen molar-refractivity contribution in [2.75, 3.05) is 13.7 Å². The van der Waals surface area contributed by atoms with Crippen molar-refractivity contribution in [2.45, 2.75) is 19.8 Å². The van der Waals surface area contributed by atoms with Gasteiger partial charge in [-0.1, -0.05) is 26.0 Å². The monoisotopic (exact) mass is 248 g/mol. The number of rotatable bonds is 2. The molecule has 0 bridgehead atoms. The number of fused-ring (bicyclic) bond motifs is 1. The molecule has 1 aromatic rings. The molecule has 1 atom stereocenters. The van der Waals surface area contributed by atoms with Gasteiger partial charge >= 0.3 is 5.97 Å². The first kappa shape index (κ1) is 12.6. The zero-order chi connectivity index (χ0) is 13.3. The van der Waals surface area contributed by atoms with E-state index in [2.05, 4.69) is 4.74 Å². The van der Waals surface area contributed by atoms with Crippen LogP contribution in [-0.2, 0) is 9.53 Å². The Hall–Kier alpha value is -1.84. The highest BCUT2D eigenvalue weighted by Crippen LogP contribution is 2.35. The van der Waals surface area contributed by atoms with Gasteiger partial charge in [-0.25, -0.2) is 0 Å². The van der Waals surface area contributed by atoms with Gasteiger partial charge in [-0.3, -0.25) is 9.59 Å². The first-order chi connectivity index (χ1) is 8.56. The third-order valence-electron chi connectivity index (χ3n) is 3.13. The van der Waals surface area contributed by atoms with Crippen LogP contribution >= 0.6 is 0 Å². The van der Waals surface area contributed by atoms with Gasteiger partial charge in [0.1, 0.15) is 12.4 Å². The molecule has 1 heterocycles. The van der Waals surface area contributed by atoms with Crippen LogP contribution in [0.2, 0.25) is 0 Å². The fraction of sp³-hybridized carbons (Fsp3) is 0.429. The molecule has 96 valence electrons. The molecule has 0 spiro atoms. The molecule has 0 N–H and O–H groups in total. The summed E-state index contributed by atoms with van der Waals surface area (Å²) in [6, 6.07) is 5.45. The van der Waals surface area contributed by atoms with E-state index in [1.54, 1.807) is 6.07 Å². The number of benzene rings is 1. The molecule has 0 radical (unpaired) electrons. The molecule has 0 fully saturated rings. The molecule has 0 aliphatic carbocycles. The number of methoxy groups -OCH3 is 1. The Kier molecular flexibility index (Phi) is 3.36. The van der Waals surface area contributed by atoms with E-state index in [1.165, 1.54) is 7.11 Å². The van der Waals surface area contributed by atoms with Crippen LogP contribution < -0.4 is 4.74 Å². The van der Waals surface area contributed by atoms with Gasteiger partial charge in [0.15, 0.2) is 11.7 Å². The molecule has 0 amide bonds. The quantitative estimate of drug-likeness (QED) is 0.594. The summed E-state index contributed by atoms with van der Waals surface area (Å²) >= 11 is 0. The fourth-order valence-corrected chi connectivity index (χ4v) is 2.11. The Balaban J connectivity index is 2.42. The van der Waals surface area contributed by atoms with Crippen molar-refractivity contribution >= 4 is 11.8 Å². The second-order valence-corrected chi connectivity index (χ2v) is 4.63. The van der Waals surface area contributed by atoms with Crippen LogP contribution in [0.15, 0.2) is 18.2 Å². The zero-order valence-electron chi connectivity index (χ0n) is 10.7. The van der Waals surface area contributed by atoms with Crippen LogP contribution in [0.5, 0.6) is 5.75 Å². The predicted octanol–water partition coefficient (Wildman–Crippen LogP) is 2.17. The maximum atomic E-state index is 12.2. The van der Waals surface area contributed by atoms with Crippen LogP contribution in [0.1, 0.15) is 35.7 Å². The van der Waals surface area contributed by atoms with Crippen molar-refractivity contribution in [3.8, 4) is 5.75 Å². The molecule has 1 aliphatic heterocycles. The van der Waals surface area contributed by atoms with Crippen molar-refractivity contribution in [2.24, 2.45) is 5.92 Å².